The molecular formula is C18H16N2O2. The van der Waals surface area contributed by atoms with Gasteiger partial charge in [-0.3, -0.25) is 9.78 Å². The van der Waals surface area contributed by atoms with Crippen LogP contribution in [0.5, 0.6) is 5.75 Å². The van der Waals surface area contributed by atoms with Gasteiger partial charge in [0.1, 0.15) is 5.75 Å². The lowest BCUT2D eigenvalue weighted by Gasteiger charge is -2.10. The molecule has 0 aliphatic rings. The van der Waals surface area contributed by atoms with Gasteiger partial charge in [-0.1, -0.05) is 30.3 Å². The van der Waals surface area contributed by atoms with Crippen LogP contribution in [0.15, 0.2) is 60.8 Å². The summed E-state index contributed by atoms with van der Waals surface area (Å²) in [4.78, 5) is 16.7. The van der Waals surface area contributed by atoms with Gasteiger partial charge in [-0.2, -0.15) is 0 Å². The van der Waals surface area contributed by atoms with E-state index in [1.165, 1.54) is 0 Å². The highest BCUT2D eigenvalue weighted by molar-refractivity contribution is 6.08. The van der Waals surface area contributed by atoms with Gasteiger partial charge in [0.15, 0.2) is 0 Å². The summed E-state index contributed by atoms with van der Waals surface area (Å²) in [6.45, 7) is 0.403. The van der Waals surface area contributed by atoms with Crippen LogP contribution in [0, 0.1) is 0 Å². The number of benzene rings is 2. The Hall–Kier alpha value is -2.88. The van der Waals surface area contributed by atoms with Gasteiger partial charge in [0, 0.05) is 17.1 Å². The minimum Gasteiger partial charge on any atom is -0.496 e. The lowest BCUT2D eigenvalue weighted by atomic mass is 10.0. The van der Waals surface area contributed by atoms with Crippen LogP contribution >= 0.6 is 0 Å². The molecule has 0 aliphatic heterocycles. The molecule has 0 saturated carbocycles. The van der Waals surface area contributed by atoms with Gasteiger partial charge in [0.25, 0.3) is 5.91 Å². The Kier molecular flexibility index (Phi) is 4.01. The van der Waals surface area contributed by atoms with Gasteiger partial charge in [-0.25, -0.2) is 0 Å². The van der Waals surface area contributed by atoms with Gasteiger partial charge in [0.2, 0.25) is 0 Å². The molecule has 110 valence electrons. The normalized spacial score (nSPS) is 10.4. The van der Waals surface area contributed by atoms with E-state index in [-0.39, 0.29) is 5.91 Å². The van der Waals surface area contributed by atoms with E-state index in [1.807, 2.05) is 48.5 Å². The number of rotatable bonds is 4. The fourth-order valence-electron chi connectivity index (χ4n) is 2.42. The molecule has 4 nitrogen and oxygen atoms in total. The Morgan fingerprint density at radius 2 is 1.82 bits per heavy atom. The van der Waals surface area contributed by atoms with Crippen molar-refractivity contribution < 1.29 is 9.53 Å². The first kappa shape index (κ1) is 14.1. The van der Waals surface area contributed by atoms with Crippen molar-refractivity contribution >= 4 is 16.7 Å². The van der Waals surface area contributed by atoms with Crippen molar-refractivity contribution in [1.82, 2.24) is 10.3 Å². The standard InChI is InChI=1S/C18H16N2O2/c1-22-17-10-9-16(14-7-2-3-8-15(14)17)18(21)20-12-13-6-4-5-11-19-13/h2-11H,12H2,1H3,(H,20,21). The molecule has 3 rings (SSSR count). The number of carbonyl (C=O) groups is 1. The molecule has 2 aromatic carbocycles. The zero-order valence-corrected chi connectivity index (χ0v) is 12.2. The third-order valence-corrected chi connectivity index (χ3v) is 3.50. The summed E-state index contributed by atoms with van der Waals surface area (Å²) in [7, 11) is 1.63. The molecule has 0 bridgehead atoms. The van der Waals surface area contributed by atoms with Crippen LogP contribution in [0.3, 0.4) is 0 Å². The van der Waals surface area contributed by atoms with Crippen molar-refractivity contribution in [3.63, 3.8) is 0 Å². The van der Waals surface area contributed by atoms with Gasteiger partial charge in [-0.05, 0) is 29.7 Å². The lowest BCUT2D eigenvalue weighted by Crippen LogP contribution is -2.23. The number of aromatic nitrogens is 1. The van der Waals surface area contributed by atoms with Gasteiger partial charge < -0.3 is 10.1 Å². The average molecular weight is 292 g/mol. The summed E-state index contributed by atoms with van der Waals surface area (Å²) in [5.41, 5.74) is 1.46. The van der Waals surface area contributed by atoms with E-state index in [1.54, 1.807) is 19.4 Å². The Morgan fingerprint density at radius 1 is 1.05 bits per heavy atom. The van der Waals surface area contributed by atoms with E-state index in [0.717, 1.165) is 22.2 Å². The minimum atomic E-state index is -0.121. The van der Waals surface area contributed by atoms with Crippen LogP contribution in [0.4, 0.5) is 0 Å². The van der Waals surface area contributed by atoms with Crippen molar-refractivity contribution in [1.29, 1.82) is 0 Å². The van der Waals surface area contributed by atoms with E-state index >= 15 is 0 Å². The molecule has 1 heterocycles. The number of nitrogens with one attached hydrogen (secondary N) is 1. The van der Waals surface area contributed by atoms with Crippen molar-refractivity contribution in [3.05, 3.63) is 72.1 Å². The van der Waals surface area contributed by atoms with Crippen LogP contribution in [0.25, 0.3) is 10.8 Å². The molecule has 1 N–H and O–H groups in total. The first-order valence-electron chi connectivity index (χ1n) is 7.03. The van der Waals surface area contributed by atoms with Crippen LogP contribution < -0.4 is 10.1 Å². The van der Waals surface area contributed by atoms with Crippen molar-refractivity contribution in [3.8, 4) is 5.75 Å². The van der Waals surface area contributed by atoms with Crippen LogP contribution in [-0.4, -0.2) is 18.0 Å². The summed E-state index contributed by atoms with van der Waals surface area (Å²) in [5.74, 6) is 0.640. The highest BCUT2D eigenvalue weighted by Crippen LogP contribution is 2.28. The molecule has 0 atom stereocenters. The number of ether oxygens (including phenoxy) is 1. The molecule has 1 aromatic heterocycles. The van der Waals surface area contributed by atoms with E-state index < -0.39 is 0 Å². The predicted octanol–water partition coefficient (Wildman–Crippen LogP) is 3.17. The van der Waals surface area contributed by atoms with E-state index in [9.17, 15) is 4.79 Å². The molecule has 22 heavy (non-hydrogen) atoms. The maximum absolute atomic E-state index is 12.5. The maximum Gasteiger partial charge on any atom is 0.252 e. The SMILES string of the molecule is COc1ccc(C(=O)NCc2ccccn2)c2ccccc12. The molecule has 3 aromatic rings. The van der Waals surface area contributed by atoms with Gasteiger partial charge in [0.05, 0.1) is 19.3 Å². The maximum atomic E-state index is 12.5. The van der Waals surface area contributed by atoms with Crippen LogP contribution in [-0.2, 0) is 6.54 Å². The number of amides is 1. The zero-order chi connectivity index (χ0) is 15.4. The number of fused-ring (bicyclic) bond motifs is 1. The molecule has 0 aliphatic carbocycles. The molecule has 0 fully saturated rings. The third-order valence-electron chi connectivity index (χ3n) is 3.50. The van der Waals surface area contributed by atoms with Gasteiger partial charge >= 0.3 is 0 Å². The molecule has 1 amide bonds. The summed E-state index contributed by atoms with van der Waals surface area (Å²) in [5, 5.41) is 4.70. The molecule has 0 radical (unpaired) electrons. The summed E-state index contributed by atoms with van der Waals surface area (Å²) in [6.07, 6.45) is 1.71. The van der Waals surface area contributed by atoms with Crippen LogP contribution in [0.1, 0.15) is 16.1 Å². The molecule has 0 spiro atoms. The fourth-order valence-corrected chi connectivity index (χ4v) is 2.42. The first-order chi connectivity index (χ1) is 10.8. The quantitative estimate of drug-likeness (QED) is 0.803. The highest BCUT2D eigenvalue weighted by Gasteiger charge is 2.12. The molecular weight excluding hydrogens is 276 g/mol. The number of hydrogen-bond donors (Lipinski definition) is 1. The first-order valence-corrected chi connectivity index (χ1v) is 7.03. The number of nitrogens with zero attached hydrogens (tertiary/aromatic N) is 1. The largest absolute Gasteiger partial charge is 0.496 e. The zero-order valence-electron chi connectivity index (χ0n) is 12.2. The Bertz CT molecular complexity index is 801. The van der Waals surface area contributed by atoms with Crippen molar-refractivity contribution in [2.24, 2.45) is 0 Å². The fraction of sp³-hybridized carbons (Fsp3) is 0.111. The Morgan fingerprint density at radius 3 is 2.55 bits per heavy atom. The predicted molar refractivity (Wildman–Crippen MR) is 85.9 cm³/mol. The smallest absolute Gasteiger partial charge is 0.252 e. The van der Waals surface area contributed by atoms with Crippen molar-refractivity contribution in [2.45, 2.75) is 6.54 Å². The molecule has 4 heteroatoms. The monoisotopic (exact) mass is 292 g/mol. The summed E-state index contributed by atoms with van der Waals surface area (Å²) < 4.78 is 5.35. The van der Waals surface area contributed by atoms with Crippen LogP contribution in [0.2, 0.25) is 0 Å². The second kappa shape index (κ2) is 6.26. The minimum absolute atomic E-state index is 0.121. The van der Waals surface area contributed by atoms with Crippen molar-refractivity contribution in [2.75, 3.05) is 7.11 Å². The summed E-state index contributed by atoms with van der Waals surface area (Å²) in [6, 6.07) is 17.0. The summed E-state index contributed by atoms with van der Waals surface area (Å²) >= 11 is 0. The lowest BCUT2D eigenvalue weighted by molar-refractivity contribution is 0.0952. The number of hydrogen-bond acceptors (Lipinski definition) is 3. The second-order valence-electron chi connectivity index (χ2n) is 4.86. The Labute approximate surface area is 128 Å². The van der Waals surface area contributed by atoms with Gasteiger partial charge in [-0.15, -0.1) is 0 Å². The van der Waals surface area contributed by atoms with E-state index in [4.69, 9.17) is 4.74 Å². The Balaban J connectivity index is 1.88. The number of methoxy groups -OCH3 is 1. The van der Waals surface area contributed by atoms with E-state index in [2.05, 4.69) is 10.3 Å². The molecule has 0 saturated heterocycles. The second-order valence-corrected chi connectivity index (χ2v) is 4.86. The third kappa shape index (κ3) is 2.76. The highest BCUT2D eigenvalue weighted by atomic mass is 16.5. The average Bonchev–Trinajstić information content (AvgIpc) is 2.59. The topological polar surface area (TPSA) is 51.2 Å². The van der Waals surface area contributed by atoms with E-state index in [0.29, 0.717) is 12.1 Å². The number of carbonyl (C=O) groups excluding carboxylic acids is 1. The molecule has 0 unspecified atom stereocenters. The number of pyridine rings is 1.